The van der Waals surface area contributed by atoms with E-state index in [9.17, 15) is 9.90 Å². The van der Waals surface area contributed by atoms with E-state index in [1.54, 1.807) is 0 Å². The van der Waals surface area contributed by atoms with Crippen LogP contribution in [0.5, 0.6) is 0 Å². The van der Waals surface area contributed by atoms with Crippen LogP contribution in [-0.4, -0.2) is 29.7 Å². The van der Waals surface area contributed by atoms with E-state index in [4.69, 9.17) is 0 Å². The minimum atomic E-state index is -0.420. The van der Waals surface area contributed by atoms with Gasteiger partial charge in [-0.1, -0.05) is 25.0 Å². The van der Waals surface area contributed by atoms with Gasteiger partial charge in [0.25, 0.3) is 5.91 Å². The Labute approximate surface area is 114 Å². The molecule has 104 valence electrons. The van der Waals surface area contributed by atoms with Crippen molar-refractivity contribution in [1.29, 1.82) is 0 Å². The zero-order chi connectivity index (χ0) is 13.7. The van der Waals surface area contributed by atoms with Gasteiger partial charge in [-0.3, -0.25) is 4.79 Å². The average Bonchev–Trinajstić information content (AvgIpc) is 2.89. The molecule has 1 fully saturated rings. The topological polar surface area (TPSA) is 61.4 Å². The lowest BCUT2D eigenvalue weighted by atomic mass is 9.98. The molecule has 0 atom stereocenters. The van der Waals surface area contributed by atoms with Crippen LogP contribution >= 0.6 is 0 Å². The molecule has 4 nitrogen and oxygen atoms in total. The normalized spacial score (nSPS) is 17.2. The molecule has 1 saturated carbocycles. The molecule has 0 aliphatic heterocycles. The molecule has 2 rings (SSSR count). The lowest BCUT2D eigenvalue weighted by Gasteiger charge is -2.28. The second-order valence-electron chi connectivity index (χ2n) is 5.18. The fraction of sp³-hybridized carbons (Fsp3) is 0.533. The minimum Gasteiger partial charge on any atom is -0.394 e. The van der Waals surface area contributed by atoms with Gasteiger partial charge in [0.2, 0.25) is 0 Å². The Morgan fingerprint density at radius 3 is 2.63 bits per heavy atom. The number of hydrogen-bond donors (Lipinski definition) is 3. The number of nitrogens with one attached hydrogen (secondary N) is 2. The zero-order valence-electron chi connectivity index (χ0n) is 11.4. The highest BCUT2D eigenvalue weighted by molar-refractivity contribution is 6.00. The van der Waals surface area contributed by atoms with Crippen molar-refractivity contribution in [1.82, 2.24) is 5.32 Å². The third-order valence-electron chi connectivity index (χ3n) is 3.78. The number of aliphatic hydroxyl groups excluding tert-OH is 1. The molecule has 19 heavy (non-hydrogen) atoms. The Balaban J connectivity index is 2.15. The molecule has 0 saturated heterocycles. The summed E-state index contributed by atoms with van der Waals surface area (Å²) in [4.78, 5) is 12.4. The number of para-hydroxylation sites is 1. The van der Waals surface area contributed by atoms with Crippen LogP contribution in [0.1, 0.15) is 43.0 Å². The maximum atomic E-state index is 12.4. The number of carbonyl (C=O) groups excluding carboxylic acids is 1. The Hall–Kier alpha value is -1.55. The summed E-state index contributed by atoms with van der Waals surface area (Å²) in [7, 11) is 0. The third kappa shape index (κ3) is 3.07. The van der Waals surface area contributed by atoms with Crippen molar-refractivity contribution in [2.45, 2.75) is 38.1 Å². The van der Waals surface area contributed by atoms with E-state index in [0.717, 1.165) is 37.9 Å². The van der Waals surface area contributed by atoms with Crippen LogP contribution in [0.25, 0.3) is 0 Å². The van der Waals surface area contributed by atoms with Crippen LogP contribution in [0, 0.1) is 0 Å². The second kappa shape index (κ2) is 6.06. The van der Waals surface area contributed by atoms with Crippen molar-refractivity contribution in [2.24, 2.45) is 0 Å². The van der Waals surface area contributed by atoms with E-state index in [-0.39, 0.29) is 12.5 Å². The van der Waals surface area contributed by atoms with Gasteiger partial charge < -0.3 is 15.7 Å². The molecule has 3 N–H and O–H groups in total. The number of carbonyl (C=O) groups is 1. The molecule has 0 spiro atoms. The van der Waals surface area contributed by atoms with Gasteiger partial charge in [-0.25, -0.2) is 0 Å². The van der Waals surface area contributed by atoms with Gasteiger partial charge >= 0.3 is 0 Å². The first kappa shape index (κ1) is 13.9. The third-order valence-corrected chi connectivity index (χ3v) is 3.78. The van der Waals surface area contributed by atoms with E-state index >= 15 is 0 Å². The van der Waals surface area contributed by atoms with Gasteiger partial charge in [0.1, 0.15) is 0 Å². The molecule has 1 aromatic carbocycles. The highest BCUT2D eigenvalue weighted by atomic mass is 16.3. The highest BCUT2D eigenvalue weighted by Gasteiger charge is 2.35. The first-order valence-electron chi connectivity index (χ1n) is 6.97. The predicted molar refractivity (Wildman–Crippen MR) is 76.4 cm³/mol. The number of benzene rings is 1. The number of hydrogen-bond acceptors (Lipinski definition) is 3. The van der Waals surface area contributed by atoms with Crippen molar-refractivity contribution in [3.8, 4) is 0 Å². The Bertz CT molecular complexity index is 440. The van der Waals surface area contributed by atoms with Crippen molar-refractivity contribution < 1.29 is 9.90 Å². The summed E-state index contributed by atoms with van der Waals surface area (Å²) in [6.07, 6.45) is 3.85. The Morgan fingerprint density at radius 1 is 1.32 bits per heavy atom. The SMILES string of the molecule is CCNc1ccccc1C(=O)NC1(CO)CCCC1. The summed E-state index contributed by atoms with van der Waals surface area (Å²) >= 11 is 0. The van der Waals surface area contributed by atoms with Gasteiger partial charge in [-0.15, -0.1) is 0 Å². The van der Waals surface area contributed by atoms with Crippen LogP contribution in [0.4, 0.5) is 5.69 Å². The van der Waals surface area contributed by atoms with Crippen LogP contribution in [-0.2, 0) is 0 Å². The van der Waals surface area contributed by atoms with Crippen LogP contribution < -0.4 is 10.6 Å². The summed E-state index contributed by atoms with van der Waals surface area (Å²) < 4.78 is 0. The summed E-state index contributed by atoms with van der Waals surface area (Å²) in [5.41, 5.74) is 1.06. The van der Waals surface area contributed by atoms with Gasteiger partial charge in [0.15, 0.2) is 0 Å². The summed E-state index contributed by atoms with van der Waals surface area (Å²) in [6, 6.07) is 7.48. The van der Waals surface area contributed by atoms with Crippen LogP contribution in [0.3, 0.4) is 0 Å². The predicted octanol–water partition coefficient (Wildman–Crippen LogP) is 2.15. The van der Waals surface area contributed by atoms with E-state index < -0.39 is 5.54 Å². The first-order chi connectivity index (χ1) is 9.21. The maximum Gasteiger partial charge on any atom is 0.253 e. The van der Waals surface area contributed by atoms with Gasteiger partial charge in [-0.05, 0) is 31.9 Å². The maximum absolute atomic E-state index is 12.4. The summed E-state index contributed by atoms with van der Waals surface area (Å²) in [5, 5.41) is 15.8. The number of anilines is 1. The lowest BCUT2D eigenvalue weighted by molar-refractivity contribution is 0.0839. The fourth-order valence-electron chi connectivity index (χ4n) is 2.71. The molecule has 0 bridgehead atoms. The standard InChI is InChI=1S/C15H22N2O2/c1-2-16-13-8-4-3-7-12(13)14(19)17-15(11-18)9-5-6-10-15/h3-4,7-8,16,18H,2,5-6,9-11H2,1H3,(H,17,19). The van der Waals surface area contributed by atoms with Crippen LogP contribution in [0.2, 0.25) is 0 Å². The molecule has 1 aliphatic rings. The molecule has 0 unspecified atom stereocenters. The molecule has 1 amide bonds. The molecule has 1 aromatic rings. The Kier molecular flexibility index (Phi) is 4.43. The Morgan fingerprint density at radius 2 is 2.00 bits per heavy atom. The summed E-state index contributed by atoms with van der Waals surface area (Å²) in [5.74, 6) is -0.104. The van der Waals surface area contributed by atoms with E-state index in [1.165, 1.54) is 0 Å². The van der Waals surface area contributed by atoms with Crippen molar-refractivity contribution in [3.63, 3.8) is 0 Å². The van der Waals surface area contributed by atoms with Crippen molar-refractivity contribution in [3.05, 3.63) is 29.8 Å². The monoisotopic (exact) mass is 262 g/mol. The highest BCUT2D eigenvalue weighted by Crippen LogP contribution is 2.30. The van der Waals surface area contributed by atoms with Crippen LogP contribution in [0.15, 0.2) is 24.3 Å². The van der Waals surface area contributed by atoms with E-state index in [1.807, 2.05) is 31.2 Å². The number of aliphatic hydroxyl groups is 1. The van der Waals surface area contributed by atoms with E-state index in [0.29, 0.717) is 5.56 Å². The largest absolute Gasteiger partial charge is 0.394 e. The summed E-state index contributed by atoms with van der Waals surface area (Å²) in [6.45, 7) is 2.79. The number of rotatable bonds is 5. The second-order valence-corrected chi connectivity index (χ2v) is 5.18. The van der Waals surface area contributed by atoms with Gasteiger partial charge in [0.05, 0.1) is 17.7 Å². The smallest absolute Gasteiger partial charge is 0.253 e. The van der Waals surface area contributed by atoms with E-state index in [2.05, 4.69) is 10.6 Å². The quantitative estimate of drug-likeness (QED) is 0.762. The molecular formula is C15H22N2O2. The van der Waals surface area contributed by atoms with Gasteiger partial charge in [0, 0.05) is 12.2 Å². The minimum absolute atomic E-state index is 0.0160. The van der Waals surface area contributed by atoms with Gasteiger partial charge in [-0.2, -0.15) is 0 Å². The van der Waals surface area contributed by atoms with Crippen molar-refractivity contribution >= 4 is 11.6 Å². The molecule has 0 heterocycles. The van der Waals surface area contributed by atoms with Crippen molar-refractivity contribution in [2.75, 3.05) is 18.5 Å². The fourth-order valence-corrected chi connectivity index (χ4v) is 2.71. The first-order valence-corrected chi connectivity index (χ1v) is 6.97. The molecule has 0 radical (unpaired) electrons. The average molecular weight is 262 g/mol. The lowest BCUT2D eigenvalue weighted by Crippen LogP contribution is -2.49. The molecule has 1 aliphatic carbocycles. The number of amides is 1. The molecular weight excluding hydrogens is 240 g/mol. The zero-order valence-corrected chi connectivity index (χ0v) is 11.4. The molecule has 4 heteroatoms. The molecule has 0 aromatic heterocycles.